The normalized spacial score (nSPS) is 26.6. The van der Waals surface area contributed by atoms with Crippen molar-refractivity contribution in [3.63, 3.8) is 0 Å². The van der Waals surface area contributed by atoms with Gasteiger partial charge in [-0.15, -0.1) is 0 Å². The molecule has 2 rings (SSSR count). The average Bonchev–Trinajstić information content (AvgIpc) is 2.46. The molecule has 1 aliphatic carbocycles. The smallest absolute Gasteiger partial charge is 0.160 e. The van der Waals surface area contributed by atoms with Crippen LogP contribution in [0.15, 0.2) is 18.2 Å². The summed E-state index contributed by atoms with van der Waals surface area (Å²) in [6.45, 7) is 7.09. The summed E-state index contributed by atoms with van der Waals surface area (Å²) >= 11 is 0. The van der Waals surface area contributed by atoms with Gasteiger partial charge >= 0.3 is 0 Å². The van der Waals surface area contributed by atoms with Crippen molar-refractivity contribution in [1.82, 2.24) is 0 Å². The largest absolute Gasteiger partial charge is 0.493 e. The van der Waals surface area contributed by atoms with E-state index in [1.807, 2.05) is 6.07 Å². The maximum absolute atomic E-state index is 5.47. The zero-order valence-corrected chi connectivity index (χ0v) is 13.5. The Hall–Kier alpha value is -1.18. The summed E-state index contributed by atoms with van der Waals surface area (Å²) in [7, 11) is 3.40. The first-order chi connectivity index (χ1) is 9.56. The van der Waals surface area contributed by atoms with Gasteiger partial charge in [0, 0.05) is 0 Å². The van der Waals surface area contributed by atoms with Gasteiger partial charge < -0.3 is 9.47 Å². The van der Waals surface area contributed by atoms with Gasteiger partial charge in [-0.05, 0) is 54.2 Å². The number of ether oxygens (including phenoxy) is 2. The van der Waals surface area contributed by atoms with E-state index in [1.54, 1.807) is 14.2 Å². The zero-order chi connectivity index (χ0) is 14.7. The highest BCUT2D eigenvalue weighted by atomic mass is 16.5. The maximum atomic E-state index is 5.47. The third kappa shape index (κ3) is 3.11. The lowest BCUT2D eigenvalue weighted by Crippen LogP contribution is -2.26. The Balaban J connectivity index is 2.31. The highest BCUT2D eigenvalue weighted by Crippen LogP contribution is 2.45. The molecular formula is C18H28O2. The van der Waals surface area contributed by atoms with E-state index in [9.17, 15) is 0 Å². The van der Waals surface area contributed by atoms with Gasteiger partial charge in [0.2, 0.25) is 0 Å². The van der Waals surface area contributed by atoms with Crippen LogP contribution in [-0.2, 0) is 0 Å². The molecule has 0 aliphatic heterocycles. The van der Waals surface area contributed by atoms with Crippen LogP contribution in [0, 0.1) is 17.8 Å². The lowest BCUT2D eigenvalue weighted by molar-refractivity contribution is 0.197. The molecule has 3 atom stereocenters. The summed E-state index contributed by atoms with van der Waals surface area (Å²) < 4.78 is 10.8. The maximum Gasteiger partial charge on any atom is 0.160 e. The molecule has 1 saturated carbocycles. The molecule has 1 fully saturated rings. The molecule has 0 radical (unpaired) electrons. The predicted octanol–water partition coefficient (Wildman–Crippen LogP) is 4.88. The molecule has 112 valence electrons. The fraction of sp³-hybridized carbons (Fsp3) is 0.667. The molecule has 2 nitrogen and oxygen atoms in total. The van der Waals surface area contributed by atoms with Gasteiger partial charge in [0.05, 0.1) is 14.2 Å². The second kappa shape index (κ2) is 6.51. The number of hydrogen-bond acceptors (Lipinski definition) is 2. The standard InChI is InChI=1S/C18H28O2/c1-12(2)15-8-6-13(3)10-16(15)14-7-9-17(19-4)18(11-14)20-5/h7,9,11-13,15-16H,6,8,10H2,1-5H3/t13-,15+,16+/m1/s1. The summed E-state index contributed by atoms with van der Waals surface area (Å²) in [6.07, 6.45) is 4.00. The molecule has 0 bridgehead atoms. The fourth-order valence-electron chi connectivity index (χ4n) is 3.67. The molecule has 0 heterocycles. The first-order valence-electron chi connectivity index (χ1n) is 7.78. The van der Waals surface area contributed by atoms with Crippen molar-refractivity contribution in [1.29, 1.82) is 0 Å². The van der Waals surface area contributed by atoms with E-state index in [0.717, 1.165) is 29.3 Å². The van der Waals surface area contributed by atoms with Crippen LogP contribution in [-0.4, -0.2) is 14.2 Å². The molecule has 0 spiro atoms. The van der Waals surface area contributed by atoms with E-state index in [4.69, 9.17) is 9.47 Å². The third-order valence-corrected chi connectivity index (χ3v) is 4.86. The molecule has 0 aromatic heterocycles. The Bertz CT molecular complexity index is 439. The predicted molar refractivity (Wildman–Crippen MR) is 83.6 cm³/mol. The summed E-state index contributed by atoms with van der Waals surface area (Å²) in [5.41, 5.74) is 1.41. The van der Waals surface area contributed by atoms with Crippen molar-refractivity contribution in [2.24, 2.45) is 17.8 Å². The number of benzene rings is 1. The minimum absolute atomic E-state index is 0.651. The van der Waals surface area contributed by atoms with E-state index in [2.05, 4.69) is 32.9 Å². The quantitative estimate of drug-likeness (QED) is 0.780. The van der Waals surface area contributed by atoms with E-state index in [-0.39, 0.29) is 0 Å². The van der Waals surface area contributed by atoms with Crippen LogP contribution in [0.4, 0.5) is 0 Å². The monoisotopic (exact) mass is 276 g/mol. The van der Waals surface area contributed by atoms with Gasteiger partial charge in [-0.3, -0.25) is 0 Å². The van der Waals surface area contributed by atoms with Crippen molar-refractivity contribution >= 4 is 0 Å². The van der Waals surface area contributed by atoms with E-state index in [1.165, 1.54) is 24.8 Å². The Morgan fingerprint density at radius 2 is 1.75 bits per heavy atom. The van der Waals surface area contributed by atoms with Crippen molar-refractivity contribution in [3.8, 4) is 11.5 Å². The molecule has 1 aromatic rings. The van der Waals surface area contributed by atoms with Gasteiger partial charge in [-0.25, -0.2) is 0 Å². The number of methoxy groups -OCH3 is 2. The van der Waals surface area contributed by atoms with Gasteiger partial charge in [0.1, 0.15) is 0 Å². The Kier molecular flexibility index (Phi) is 4.95. The molecule has 2 heteroatoms. The van der Waals surface area contributed by atoms with Crippen LogP contribution in [0.1, 0.15) is 51.5 Å². The minimum Gasteiger partial charge on any atom is -0.493 e. The van der Waals surface area contributed by atoms with Gasteiger partial charge in [-0.2, -0.15) is 0 Å². The van der Waals surface area contributed by atoms with Crippen molar-refractivity contribution in [2.45, 2.75) is 46.0 Å². The summed E-state index contributed by atoms with van der Waals surface area (Å²) in [5.74, 6) is 4.67. The van der Waals surface area contributed by atoms with Crippen LogP contribution in [0.5, 0.6) is 11.5 Å². The highest BCUT2D eigenvalue weighted by Gasteiger charge is 2.32. The molecular weight excluding hydrogens is 248 g/mol. The third-order valence-electron chi connectivity index (χ3n) is 4.86. The van der Waals surface area contributed by atoms with Gasteiger partial charge in [0.15, 0.2) is 11.5 Å². The van der Waals surface area contributed by atoms with Crippen LogP contribution in [0.25, 0.3) is 0 Å². The average molecular weight is 276 g/mol. The molecule has 0 saturated heterocycles. The summed E-state index contributed by atoms with van der Waals surface area (Å²) in [5, 5.41) is 0. The first-order valence-corrected chi connectivity index (χ1v) is 7.78. The summed E-state index contributed by atoms with van der Waals surface area (Å²) in [4.78, 5) is 0. The Morgan fingerprint density at radius 3 is 2.35 bits per heavy atom. The van der Waals surface area contributed by atoms with Crippen LogP contribution >= 0.6 is 0 Å². The second-order valence-electron chi connectivity index (χ2n) is 6.55. The van der Waals surface area contributed by atoms with Crippen LogP contribution in [0.3, 0.4) is 0 Å². The fourth-order valence-corrected chi connectivity index (χ4v) is 3.67. The second-order valence-corrected chi connectivity index (χ2v) is 6.55. The van der Waals surface area contributed by atoms with Crippen molar-refractivity contribution < 1.29 is 9.47 Å². The van der Waals surface area contributed by atoms with E-state index in [0.29, 0.717) is 5.92 Å². The molecule has 20 heavy (non-hydrogen) atoms. The topological polar surface area (TPSA) is 18.5 Å². The number of rotatable bonds is 4. The van der Waals surface area contributed by atoms with Crippen LogP contribution in [0.2, 0.25) is 0 Å². The van der Waals surface area contributed by atoms with Crippen molar-refractivity contribution in [2.75, 3.05) is 14.2 Å². The van der Waals surface area contributed by atoms with E-state index >= 15 is 0 Å². The Labute approximate surface area is 123 Å². The number of hydrogen-bond donors (Lipinski definition) is 0. The zero-order valence-electron chi connectivity index (χ0n) is 13.5. The van der Waals surface area contributed by atoms with Crippen LogP contribution < -0.4 is 9.47 Å². The SMILES string of the molecule is COc1ccc([C@@H]2C[C@H](C)CC[C@H]2C(C)C)cc1OC. The summed E-state index contributed by atoms with van der Waals surface area (Å²) in [6, 6.07) is 6.45. The first kappa shape index (κ1) is 15.2. The van der Waals surface area contributed by atoms with E-state index < -0.39 is 0 Å². The molecule has 0 amide bonds. The lowest BCUT2D eigenvalue weighted by atomic mass is 9.67. The molecule has 0 N–H and O–H groups in total. The Morgan fingerprint density at radius 1 is 1.05 bits per heavy atom. The lowest BCUT2D eigenvalue weighted by Gasteiger charge is -2.38. The molecule has 1 aromatic carbocycles. The van der Waals surface area contributed by atoms with Crippen molar-refractivity contribution in [3.05, 3.63) is 23.8 Å². The van der Waals surface area contributed by atoms with Gasteiger partial charge in [-0.1, -0.05) is 33.3 Å². The van der Waals surface area contributed by atoms with Gasteiger partial charge in [0.25, 0.3) is 0 Å². The molecule has 0 unspecified atom stereocenters. The highest BCUT2D eigenvalue weighted by molar-refractivity contribution is 5.44. The minimum atomic E-state index is 0.651. The molecule has 1 aliphatic rings.